The lowest BCUT2D eigenvalue weighted by atomic mass is 10.1. The van der Waals surface area contributed by atoms with Gasteiger partial charge in [-0.1, -0.05) is 150 Å². The predicted molar refractivity (Wildman–Crippen MR) is 247 cm³/mol. The van der Waals surface area contributed by atoms with Crippen LogP contribution in [0.5, 0.6) is 0 Å². The van der Waals surface area contributed by atoms with E-state index in [0.29, 0.717) is 58.7 Å². The molecule has 59 heavy (non-hydrogen) atoms. The molecular weight excluding hydrogens is 739 g/mol. The van der Waals surface area contributed by atoms with Crippen molar-refractivity contribution in [2.75, 3.05) is 91.7 Å². The van der Waals surface area contributed by atoms with Crippen LogP contribution in [-0.4, -0.2) is 140 Å². The summed E-state index contributed by atoms with van der Waals surface area (Å²) in [5, 5.41) is 0. The summed E-state index contributed by atoms with van der Waals surface area (Å²) < 4.78 is 5.44. The molecule has 2 amide bonds. The second-order valence-corrected chi connectivity index (χ2v) is 17.5. The van der Waals surface area contributed by atoms with Gasteiger partial charge in [0.25, 0.3) is 0 Å². The third-order valence-corrected chi connectivity index (χ3v) is 12.1. The highest BCUT2D eigenvalue weighted by atomic mass is 16.5. The van der Waals surface area contributed by atoms with Crippen LogP contribution in [0.4, 0.5) is 0 Å². The minimum Gasteiger partial charge on any atom is -0.466 e. The fraction of sp³-hybridized carbons (Fsp3) is 0.918. The van der Waals surface area contributed by atoms with Crippen LogP contribution in [0, 0.1) is 0 Å². The van der Waals surface area contributed by atoms with Gasteiger partial charge in [0, 0.05) is 52.1 Å². The van der Waals surface area contributed by atoms with Gasteiger partial charge in [0.2, 0.25) is 11.8 Å². The van der Waals surface area contributed by atoms with E-state index < -0.39 is 0 Å². The topological polar surface area (TPSA) is 93.7 Å². The molecule has 1 heterocycles. The highest BCUT2D eigenvalue weighted by Gasteiger charge is 2.26. The average molecular weight is 834 g/mol. The lowest BCUT2D eigenvalue weighted by Crippen LogP contribution is -2.54. The molecule has 0 radical (unpaired) electrons. The summed E-state index contributed by atoms with van der Waals surface area (Å²) in [5.41, 5.74) is 0. The Morgan fingerprint density at radius 1 is 0.441 bits per heavy atom. The normalized spacial score (nSPS) is 13.3. The van der Waals surface area contributed by atoms with Crippen LogP contribution >= 0.6 is 0 Å². The maximum Gasteiger partial charge on any atom is 0.305 e. The summed E-state index contributed by atoms with van der Waals surface area (Å²) >= 11 is 0. The molecule has 0 spiro atoms. The maximum atomic E-state index is 13.8. The van der Waals surface area contributed by atoms with Gasteiger partial charge in [-0.15, -0.1) is 0 Å². The zero-order valence-corrected chi connectivity index (χ0v) is 39.3. The molecule has 0 aromatic rings. The van der Waals surface area contributed by atoms with E-state index in [1.54, 1.807) is 0 Å². The number of aldehydes is 1. The highest BCUT2D eigenvalue weighted by molar-refractivity contribution is 5.80. The van der Waals surface area contributed by atoms with Gasteiger partial charge in [-0.2, -0.15) is 0 Å². The van der Waals surface area contributed by atoms with E-state index in [-0.39, 0.29) is 17.8 Å². The first-order valence-corrected chi connectivity index (χ1v) is 25.2. The lowest BCUT2D eigenvalue weighted by molar-refractivity contribution is -0.144. The molecule has 1 aliphatic rings. The van der Waals surface area contributed by atoms with E-state index in [1.807, 2.05) is 9.80 Å². The van der Waals surface area contributed by atoms with Gasteiger partial charge < -0.3 is 24.2 Å². The van der Waals surface area contributed by atoms with E-state index in [2.05, 4.69) is 42.4 Å². The molecular formula is C49H95N5O5. The van der Waals surface area contributed by atoms with Crippen molar-refractivity contribution in [3.05, 3.63) is 0 Å². The van der Waals surface area contributed by atoms with Gasteiger partial charge in [0.1, 0.15) is 6.29 Å². The Morgan fingerprint density at radius 3 is 1.24 bits per heavy atom. The second kappa shape index (κ2) is 40.1. The fourth-order valence-electron chi connectivity index (χ4n) is 8.07. The number of rotatable bonds is 42. The SMILES string of the molecule is CCCCCCCCCN(CCCC(=O)OCCCC)CCN(CCCCCCCCC)CC(=O)N1CCN(C(=O)CN(CCCC=O)CCCCCCCCC)CC1. The van der Waals surface area contributed by atoms with E-state index in [4.69, 9.17) is 4.74 Å². The molecule has 0 aromatic heterocycles. The van der Waals surface area contributed by atoms with Crippen LogP contribution in [0.1, 0.15) is 201 Å². The first-order valence-electron chi connectivity index (χ1n) is 25.2. The first-order chi connectivity index (χ1) is 28.9. The molecule has 1 aliphatic heterocycles. The molecule has 0 bridgehead atoms. The van der Waals surface area contributed by atoms with Crippen molar-refractivity contribution in [1.82, 2.24) is 24.5 Å². The fourth-order valence-corrected chi connectivity index (χ4v) is 8.07. The van der Waals surface area contributed by atoms with E-state index in [0.717, 1.165) is 90.6 Å². The third-order valence-electron chi connectivity index (χ3n) is 12.1. The van der Waals surface area contributed by atoms with E-state index >= 15 is 0 Å². The van der Waals surface area contributed by atoms with Crippen LogP contribution in [0.15, 0.2) is 0 Å². The number of unbranched alkanes of at least 4 members (excludes halogenated alkanes) is 20. The van der Waals surface area contributed by atoms with Gasteiger partial charge in [-0.3, -0.25) is 24.2 Å². The number of piperazine rings is 1. The number of carbonyl (C=O) groups is 4. The summed E-state index contributed by atoms with van der Waals surface area (Å²) in [6.45, 7) is 18.8. The van der Waals surface area contributed by atoms with Crippen LogP contribution < -0.4 is 0 Å². The molecule has 10 heteroatoms. The number of hydrogen-bond donors (Lipinski definition) is 0. The molecule has 10 nitrogen and oxygen atoms in total. The molecule has 346 valence electrons. The Morgan fingerprint density at radius 2 is 0.797 bits per heavy atom. The zero-order valence-electron chi connectivity index (χ0n) is 39.3. The monoisotopic (exact) mass is 834 g/mol. The molecule has 0 N–H and O–H groups in total. The summed E-state index contributed by atoms with van der Waals surface area (Å²) in [5.74, 6) is 0.225. The van der Waals surface area contributed by atoms with Crippen molar-refractivity contribution < 1.29 is 23.9 Å². The Hall–Kier alpha value is -2.04. The Bertz CT molecular complexity index is 1010. The Kier molecular flexibility index (Phi) is 37.3. The molecule has 0 aliphatic carbocycles. The molecule has 1 saturated heterocycles. The smallest absolute Gasteiger partial charge is 0.305 e. The largest absolute Gasteiger partial charge is 0.466 e. The summed E-state index contributed by atoms with van der Waals surface area (Å²) in [6.07, 6.45) is 31.8. The zero-order chi connectivity index (χ0) is 43.0. The van der Waals surface area contributed by atoms with Gasteiger partial charge in [-0.05, 0) is 71.2 Å². The van der Waals surface area contributed by atoms with Crippen molar-refractivity contribution in [3.8, 4) is 0 Å². The van der Waals surface area contributed by atoms with Crippen molar-refractivity contribution in [2.45, 2.75) is 201 Å². The maximum absolute atomic E-state index is 13.8. The predicted octanol–water partition coefficient (Wildman–Crippen LogP) is 9.92. The third kappa shape index (κ3) is 31.5. The van der Waals surface area contributed by atoms with Gasteiger partial charge in [0.05, 0.1) is 19.7 Å². The summed E-state index contributed by atoms with van der Waals surface area (Å²) in [6, 6.07) is 0. The Labute approximate surface area is 364 Å². The lowest BCUT2D eigenvalue weighted by Gasteiger charge is -2.37. The quantitative estimate of drug-likeness (QED) is 0.0341. The first kappa shape index (κ1) is 55.0. The number of ether oxygens (including phenoxy) is 1. The standard InChI is InChI=1S/C49H95N5O5/c1-5-9-13-16-19-22-25-32-50(36-30-31-49(58)59-44-12-8-4)37-38-52(34-27-24-21-18-15-11-7-3)46-48(57)54-41-39-53(40-42-54)47(56)45-51(35-28-29-43-55)33-26-23-20-17-14-10-6-2/h43H,5-42,44-46H2,1-4H3. The van der Waals surface area contributed by atoms with Gasteiger partial charge in [-0.25, -0.2) is 0 Å². The molecule has 0 unspecified atom stereocenters. The molecule has 0 aromatic carbocycles. The van der Waals surface area contributed by atoms with Crippen molar-refractivity contribution in [2.24, 2.45) is 0 Å². The van der Waals surface area contributed by atoms with E-state index in [1.165, 1.54) is 122 Å². The number of esters is 1. The molecule has 0 saturated carbocycles. The van der Waals surface area contributed by atoms with Crippen LogP contribution in [-0.2, 0) is 23.9 Å². The van der Waals surface area contributed by atoms with Crippen LogP contribution in [0.2, 0.25) is 0 Å². The molecule has 0 atom stereocenters. The minimum absolute atomic E-state index is 0.0855. The highest BCUT2D eigenvalue weighted by Crippen LogP contribution is 2.13. The second-order valence-electron chi connectivity index (χ2n) is 17.5. The van der Waals surface area contributed by atoms with E-state index in [9.17, 15) is 19.2 Å². The van der Waals surface area contributed by atoms with Gasteiger partial charge >= 0.3 is 5.97 Å². The van der Waals surface area contributed by atoms with Crippen molar-refractivity contribution in [3.63, 3.8) is 0 Å². The Balaban J connectivity index is 2.78. The minimum atomic E-state index is -0.0855. The number of nitrogens with zero attached hydrogens (tertiary/aromatic N) is 5. The molecule has 1 rings (SSSR count). The number of hydrogen-bond acceptors (Lipinski definition) is 8. The summed E-state index contributed by atoms with van der Waals surface area (Å²) in [4.78, 5) is 61.7. The van der Waals surface area contributed by atoms with Crippen molar-refractivity contribution in [1.29, 1.82) is 0 Å². The number of carbonyl (C=O) groups excluding carboxylic acids is 4. The van der Waals surface area contributed by atoms with Crippen LogP contribution in [0.25, 0.3) is 0 Å². The molecule has 1 fully saturated rings. The average Bonchev–Trinajstić information content (AvgIpc) is 3.24. The summed E-state index contributed by atoms with van der Waals surface area (Å²) in [7, 11) is 0. The van der Waals surface area contributed by atoms with Crippen LogP contribution in [0.3, 0.4) is 0 Å². The van der Waals surface area contributed by atoms with Crippen molar-refractivity contribution >= 4 is 24.1 Å². The number of amides is 2. The van der Waals surface area contributed by atoms with Gasteiger partial charge in [0.15, 0.2) is 0 Å².